The fourth-order valence-electron chi connectivity index (χ4n) is 3.29. The highest BCUT2D eigenvalue weighted by atomic mass is 16.5. The third-order valence-corrected chi connectivity index (χ3v) is 4.59. The fraction of sp³-hybridized carbons (Fsp3) is 0.286. The molecular weight excluding hydrogens is 376 g/mol. The molecular formula is C21H22N2O6. The lowest BCUT2D eigenvalue weighted by atomic mass is 10.1. The summed E-state index contributed by atoms with van der Waals surface area (Å²) in [5.41, 5.74) is 1.20. The number of esters is 1. The number of anilines is 2. The maximum atomic E-state index is 12.9. The van der Waals surface area contributed by atoms with Gasteiger partial charge < -0.3 is 24.4 Å². The van der Waals surface area contributed by atoms with Crippen LogP contribution in [0.15, 0.2) is 42.5 Å². The lowest BCUT2D eigenvalue weighted by molar-refractivity contribution is -0.122. The van der Waals surface area contributed by atoms with Crippen molar-refractivity contribution in [3.8, 4) is 11.5 Å². The Morgan fingerprint density at radius 2 is 1.72 bits per heavy atom. The third kappa shape index (κ3) is 4.16. The smallest absolute Gasteiger partial charge is 0.346 e. The largest absolute Gasteiger partial charge is 0.496 e. The van der Waals surface area contributed by atoms with Crippen LogP contribution >= 0.6 is 0 Å². The molecule has 3 rings (SSSR count). The van der Waals surface area contributed by atoms with Crippen molar-refractivity contribution in [3.63, 3.8) is 0 Å². The first-order valence-electron chi connectivity index (χ1n) is 9.05. The van der Waals surface area contributed by atoms with Gasteiger partial charge in [-0.25, -0.2) is 4.79 Å². The second kappa shape index (κ2) is 8.64. The van der Waals surface area contributed by atoms with Gasteiger partial charge in [-0.05, 0) is 31.2 Å². The average Bonchev–Trinajstić information content (AvgIpc) is 2.85. The van der Waals surface area contributed by atoms with Crippen LogP contribution in [-0.2, 0) is 14.3 Å². The average molecular weight is 398 g/mol. The van der Waals surface area contributed by atoms with Crippen LogP contribution in [0.25, 0.3) is 0 Å². The van der Waals surface area contributed by atoms with Crippen molar-refractivity contribution < 1.29 is 28.6 Å². The van der Waals surface area contributed by atoms with E-state index in [9.17, 15) is 14.4 Å². The lowest BCUT2D eigenvalue weighted by Gasteiger charge is -2.27. The van der Waals surface area contributed by atoms with Gasteiger partial charge in [0.2, 0.25) is 5.91 Å². The van der Waals surface area contributed by atoms with Crippen molar-refractivity contribution in [2.45, 2.75) is 19.4 Å². The molecule has 0 aliphatic carbocycles. The molecule has 1 aliphatic heterocycles. The molecule has 29 heavy (non-hydrogen) atoms. The molecule has 8 heteroatoms. The Morgan fingerprint density at radius 3 is 2.38 bits per heavy atom. The van der Waals surface area contributed by atoms with Crippen molar-refractivity contribution in [2.75, 3.05) is 31.0 Å². The Balaban J connectivity index is 1.81. The first-order chi connectivity index (χ1) is 14.0. The summed E-state index contributed by atoms with van der Waals surface area (Å²) in [5.74, 6) is -0.799. The lowest BCUT2D eigenvalue weighted by Crippen LogP contribution is -2.41. The van der Waals surface area contributed by atoms with Crippen LogP contribution in [0.5, 0.6) is 11.5 Å². The normalized spacial score (nSPS) is 15.6. The van der Waals surface area contributed by atoms with E-state index < -0.39 is 24.5 Å². The molecule has 2 amide bonds. The molecule has 1 N–H and O–H groups in total. The van der Waals surface area contributed by atoms with E-state index in [0.29, 0.717) is 11.4 Å². The first-order valence-corrected chi connectivity index (χ1v) is 9.05. The fourth-order valence-corrected chi connectivity index (χ4v) is 3.29. The molecule has 2 aromatic carbocycles. The molecule has 0 saturated heterocycles. The summed E-state index contributed by atoms with van der Waals surface area (Å²) in [4.78, 5) is 39.1. The topological polar surface area (TPSA) is 94.2 Å². The van der Waals surface area contributed by atoms with Gasteiger partial charge in [-0.1, -0.05) is 18.2 Å². The summed E-state index contributed by atoms with van der Waals surface area (Å²) in [7, 11) is 2.85. The molecule has 1 atom stereocenters. The number of hydrogen-bond acceptors (Lipinski definition) is 6. The monoisotopic (exact) mass is 398 g/mol. The minimum Gasteiger partial charge on any atom is -0.496 e. The van der Waals surface area contributed by atoms with Gasteiger partial charge >= 0.3 is 5.97 Å². The zero-order valence-corrected chi connectivity index (χ0v) is 16.4. The van der Waals surface area contributed by atoms with Gasteiger partial charge in [-0.3, -0.25) is 9.59 Å². The second-order valence-corrected chi connectivity index (χ2v) is 6.50. The number of carbonyl (C=O) groups is 3. The van der Waals surface area contributed by atoms with Gasteiger partial charge in [0.15, 0.2) is 6.61 Å². The standard InChI is InChI=1S/C21H22N2O6/c1-13-11-18(24)22-14-7-4-5-8-15(14)23(13)19(25)12-29-21(26)20-16(27-2)9-6-10-17(20)28-3/h4-10,13H,11-12H2,1-3H3,(H,22,24)/t13-/m1/s1. The molecule has 0 fully saturated rings. The number of nitrogens with one attached hydrogen (secondary N) is 1. The van der Waals surface area contributed by atoms with Crippen LogP contribution < -0.4 is 19.7 Å². The van der Waals surface area contributed by atoms with Crippen LogP contribution in [0.2, 0.25) is 0 Å². The summed E-state index contributed by atoms with van der Waals surface area (Å²) < 4.78 is 15.7. The molecule has 0 saturated carbocycles. The van der Waals surface area contributed by atoms with Gasteiger partial charge in [0, 0.05) is 12.5 Å². The van der Waals surface area contributed by atoms with Crippen LogP contribution in [0.4, 0.5) is 11.4 Å². The number of fused-ring (bicyclic) bond motifs is 1. The minimum absolute atomic E-state index is 0.103. The van der Waals surface area contributed by atoms with E-state index in [1.54, 1.807) is 49.4 Å². The van der Waals surface area contributed by atoms with Crippen LogP contribution in [0.1, 0.15) is 23.7 Å². The van der Waals surface area contributed by atoms with Crippen molar-refractivity contribution in [2.24, 2.45) is 0 Å². The second-order valence-electron chi connectivity index (χ2n) is 6.50. The summed E-state index contributed by atoms with van der Waals surface area (Å²) in [6.07, 6.45) is 0.134. The van der Waals surface area contributed by atoms with Crippen molar-refractivity contribution in [1.82, 2.24) is 0 Å². The Bertz CT molecular complexity index is 920. The zero-order chi connectivity index (χ0) is 21.0. The number of ether oxygens (including phenoxy) is 3. The number of methoxy groups -OCH3 is 2. The van der Waals surface area contributed by atoms with Gasteiger partial charge in [0.25, 0.3) is 5.91 Å². The number of hydrogen-bond donors (Lipinski definition) is 1. The number of para-hydroxylation sites is 2. The molecule has 0 radical (unpaired) electrons. The Labute approximate surface area is 168 Å². The number of amides is 2. The molecule has 0 aromatic heterocycles. The number of carbonyl (C=O) groups excluding carboxylic acids is 3. The molecule has 152 valence electrons. The highest BCUT2D eigenvalue weighted by Gasteiger charge is 2.30. The maximum absolute atomic E-state index is 12.9. The Hall–Kier alpha value is -3.55. The summed E-state index contributed by atoms with van der Waals surface area (Å²) in [6, 6.07) is 11.5. The summed E-state index contributed by atoms with van der Waals surface area (Å²) >= 11 is 0. The van der Waals surface area contributed by atoms with E-state index in [-0.39, 0.29) is 29.4 Å². The molecule has 0 bridgehead atoms. The number of rotatable bonds is 5. The van der Waals surface area contributed by atoms with Gasteiger partial charge in [-0.15, -0.1) is 0 Å². The van der Waals surface area contributed by atoms with Crippen LogP contribution in [-0.4, -0.2) is 44.7 Å². The molecule has 1 heterocycles. The molecule has 1 aliphatic rings. The highest BCUT2D eigenvalue weighted by molar-refractivity contribution is 6.05. The Kier molecular flexibility index (Phi) is 6.01. The first kappa shape index (κ1) is 20.2. The third-order valence-electron chi connectivity index (χ3n) is 4.59. The predicted molar refractivity (Wildman–Crippen MR) is 106 cm³/mol. The number of benzene rings is 2. The van der Waals surface area contributed by atoms with Gasteiger partial charge in [0.1, 0.15) is 17.1 Å². The molecule has 0 unspecified atom stereocenters. The summed E-state index contributed by atoms with van der Waals surface area (Å²) in [6.45, 7) is 1.28. The van der Waals surface area contributed by atoms with Gasteiger partial charge in [0.05, 0.1) is 25.6 Å². The minimum atomic E-state index is -0.738. The van der Waals surface area contributed by atoms with Crippen LogP contribution in [0, 0.1) is 0 Å². The van der Waals surface area contributed by atoms with Crippen molar-refractivity contribution in [3.05, 3.63) is 48.0 Å². The maximum Gasteiger partial charge on any atom is 0.346 e. The SMILES string of the molecule is COc1cccc(OC)c1C(=O)OCC(=O)N1c2ccccc2NC(=O)C[C@H]1C. The Morgan fingerprint density at radius 1 is 1.07 bits per heavy atom. The molecule has 0 spiro atoms. The van der Waals surface area contributed by atoms with E-state index in [1.807, 2.05) is 0 Å². The highest BCUT2D eigenvalue weighted by Crippen LogP contribution is 2.32. The predicted octanol–water partition coefficient (Wildman–Crippen LogP) is 2.62. The van der Waals surface area contributed by atoms with E-state index in [1.165, 1.54) is 19.1 Å². The van der Waals surface area contributed by atoms with E-state index in [0.717, 1.165) is 0 Å². The molecule has 2 aromatic rings. The van der Waals surface area contributed by atoms with Crippen molar-refractivity contribution >= 4 is 29.2 Å². The van der Waals surface area contributed by atoms with Gasteiger partial charge in [-0.2, -0.15) is 0 Å². The number of nitrogens with zero attached hydrogens (tertiary/aromatic N) is 1. The van der Waals surface area contributed by atoms with Crippen LogP contribution in [0.3, 0.4) is 0 Å². The van der Waals surface area contributed by atoms with E-state index in [4.69, 9.17) is 14.2 Å². The van der Waals surface area contributed by atoms with E-state index in [2.05, 4.69) is 5.32 Å². The summed E-state index contributed by atoms with van der Waals surface area (Å²) in [5, 5.41) is 2.78. The van der Waals surface area contributed by atoms with Crippen molar-refractivity contribution in [1.29, 1.82) is 0 Å². The molecule has 8 nitrogen and oxygen atoms in total. The quantitative estimate of drug-likeness (QED) is 0.778. The zero-order valence-electron chi connectivity index (χ0n) is 16.4. The van der Waals surface area contributed by atoms with E-state index >= 15 is 0 Å².